The Kier molecular flexibility index (Phi) is 4.10. The van der Waals surface area contributed by atoms with Gasteiger partial charge < -0.3 is 15.5 Å². The number of nitrogens with two attached hydrogens (primary N) is 1. The van der Waals surface area contributed by atoms with Crippen LogP contribution in [0.25, 0.3) is 0 Å². The summed E-state index contributed by atoms with van der Waals surface area (Å²) in [6, 6.07) is 8.71. The highest BCUT2D eigenvalue weighted by molar-refractivity contribution is 6.06. The van der Waals surface area contributed by atoms with Crippen molar-refractivity contribution in [2.45, 2.75) is 32.6 Å². The minimum absolute atomic E-state index is 0.441. The lowest BCUT2D eigenvalue weighted by Gasteiger charge is -2.40. The van der Waals surface area contributed by atoms with E-state index in [-0.39, 0.29) is 0 Å². The average molecular weight is 382 g/mol. The number of allylic oxidation sites excluding steroid dienone is 2. The van der Waals surface area contributed by atoms with Gasteiger partial charge in [0.1, 0.15) is 6.54 Å². The van der Waals surface area contributed by atoms with E-state index in [1.165, 1.54) is 4.90 Å². The first-order valence-electron chi connectivity index (χ1n) is 9.03. The molecule has 9 heteroatoms. The van der Waals surface area contributed by atoms with E-state index in [0.717, 1.165) is 21.9 Å². The van der Waals surface area contributed by atoms with Crippen molar-refractivity contribution < 1.29 is 14.4 Å². The summed E-state index contributed by atoms with van der Waals surface area (Å²) >= 11 is 0. The van der Waals surface area contributed by atoms with Gasteiger partial charge in [-0.1, -0.05) is 30.3 Å². The Morgan fingerprint density at radius 1 is 1.11 bits per heavy atom. The van der Waals surface area contributed by atoms with Gasteiger partial charge >= 0.3 is 6.03 Å². The largest absolute Gasteiger partial charge is 0.368 e. The van der Waals surface area contributed by atoms with Crippen molar-refractivity contribution >= 4 is 23.8 Å². The van der Waals surface area contributed by atoms with Crippen LogP contribution in [-0.2, 0) is 16.1 Å². The maximum absolute atomic E-state index is 13.1. The van der Waals surface area contributed by atoms with Crippen molar-refractivity contribution in [3.05, 3.63) is 47.3 Å². The Hall–Kier alpha value is -3.36. The van der Waals surface area contributed by atoms with E-state index in [1.807, 2.05) is 54.0 Å². The molecular weight excluding hydrogens is 360 g/mol. The van der Waals surface area contributed by atoms with Gasteiger partial charge in [0, 0.05) is 18.4 Å². The maximum atomic E-state index is 13.1. The maximum Gasteiger partial charge on any atom is 0.328 e. The number of carbonyl (C=O) groups is 3. The second-order valence-electron chi connectivity index (χ2n) is 7.18. The normalized spacial score (nSPS) is 24.0. The van der Waals surface area contributed by atoms with Gasteiger partial charge in [0.05, 0.1) is 6.54 Å². The molecule has 28 heavy (non-hydrogen) atoms. The van der Waals surface area contributed by atoms with Crippen LogP contribution in [-0.4, -0.2) is 69.2 Å². The molecule has 9 nitrogen and oxygen atoms in total. The van der Waals surface area contributed by atoms with E-state index in [4.69, 9.17) is 10.7 Å². The van der Waals surface area contributed by atoms with E-state index in [2.05, 4.69) is 0 Å². The van der Waals surface area contributed by atoms with Crippen LogP contribution in [0.2, 0.25) is 0 Å². The van der Waals surface area contributed by atoms with Gasteiger partial charge in [-0.3, -0.25) is 19.4 Å². The number of fused-ring (bicyclic) bond motifs is 3. The highest BCUT2D eigenvalue weighted by Crippen LogP contribution is 2.38. The fourth-order valence-corrected chi connectivity index (χ4v) is 3.94. The third kappa shape index (κ3) is 2.54. The van der Waals surface area contributed by atoms with Gasteiger partial charge in [-0.15, -0.1) is 0 Å². The summed E-state index contributed by atoms with van der Waals surface area (Å²) in [6.07, 6.45) is -0.638. The van der Waals surface area contributed by atoms with Crippen molar-refractivity contribution in [3.63, 3.8) is 0 Å². The highest BCUT2D eigenvalue weighted by Gasteiger charge is 2.55. The standard InChI is InChI=1S/C19H22N6O3/c1-11-12(2)25-15-16(22(3)19(28)24(17(15)27)10-14(20)26)21-18(25)23(11)9-13-7-5-4-6-8-13/h4-8,15-16H,9-10H2,1-3H3,(H2,20,26). The van der Waals surface area contributed by atoms with Crippen molar-refractivity contribution in [2.75, 3.05) is 13.6 Å². The van der Waals surface area contributed by atoms with Crippen molar-refractivity contribution in [1.29, 1.82) is 0 Å². The number of guanidine groups is 1. The summed E-state index contributed by atoms with van der Waals surface area (Å²) in [4.78, 5) is 47.9. The number of hydrogen-bond acceptors (Lipinski definition) is 6. The van der Waals surface area contributed by atoms with Crippen LogP contribution in [0.15, 0.2) is 46.7 Å². The first-order valence-corrected chi connectivity index (χ1v) is 9.03. The third-order valence-electron chi connectivity index (χ3n) is 5.50. The Bertz CT molecular complexity index is 925. The van der Waals surface area contributed by atoms with Crippen LogP contribution >= 0.6 is 0 Å². The van der Waals surface area contributed by atoms with Crippen molar-refractivity contribution in [1.82, 2.24) is 19.6 Å². The molecule has 0 bridgehead atoms. The lowest BCUT2D eigenvalue weighted by atomic mass is 10.1. The van der Waals surface area contributed by atoms with Crippen molar-refractivity contribution in [3.8, 4) is 0 Å². The van der Waals surface area contributed by atoms with E-state index < -0.39 is 36.6 Å². The number of rotatable bonds is 4. The summed E-state index contributed by atoms with van der Waals surface area (Å²) in [5, 5.41) is 0. The molecule has 2 atom stereocenters. The summed E-state index contributed by atoms with van der Waals surface area (Å²) in [5.41, 5.74) is 8.24. The number of hydrogen-bond donors (Lipinski definition) is 1. The molecule has 3 aliphatic rings. The second-order valence-corrected chi connectivity index (χ2v) is 7.18. The lowest BCUT2D eigenvalue weighted by Crippen LogP contribution is -2.65. The molecule has 2 N–H and O–H groups in total. The zero-order valence-corrected chi connectivity index (χ0v) is 16.0. The Morgan fingerprint density at radius 3 is 2.43 bits per heavy atom. The predicted molar refractivity (Wildman–Crippen MR) is 101 cm³/mol. The summed E-state index contributed by atoms with van der Waals surface area (Å²) in [5.74, 6) is -0.551. The molecule has 4 rings (SSSR count). The summed E-state index contributed by atoms with van der Waals surface area (Å²) in [7, 11) is 1.58. The summed E-state index contributed by atoms with van der Waals surface area (Å²) in [6.45, 7) is 4.08. The van der Waals surface area contributed by atoms with Gasteiger partial charge in [0.25, 0.3) is 5.91 Å². The SMILES string of the molecule is CC1=C(C)N2C(=NC3C2C(=O)N(CC(N)=O)C(=O)N3C)N1Cc1ccccc1. The smallest absolute Gasteiger partial charge is 0.328 e. The molecule has 3 aliphatic heterocycles. The minimum atomic E-state index is -0.733. The Balaban J connectivity index is 1.69. The minimum Gasteiger partial charge on any atom is -0.368 e. The topological polar surface area (TPSA) is 103 Å². The molecule has 2 unspecified atom stereocenters. The molecule has 146 valence electrons. The molecule has 3 heterocycles. The first kappa shape index (κ1) is 18.0. The van der Waals surface area contributed by atoms with Crippen LogP contribution in [0.1, 0.15) is 19.4 Å². The molecule has 4 amide bonds. The fraction of sp³-hybridized carbons (Fsp3) is 0.368. The number of likely N-dealkylation sites (N-methyl/N-ethyl adjacent to an activating group) is 1. The van der Waals surface area contributed by atoms with Gasteiger partial charge in [-0.25, -0.2) is 9.79 Å². The van der Waals surface area contributed by atoms with Crippen molar-refractivity contribution in [2.24, 2.45) is 10.7 Å². The van der Waals surface area contributed by atoms with Crippen LogP contribution in [0.4, 0.5) is 4.79 Å². The van der Waals surface area contributed by atoms with Crippen LogP contribution in [0.3, 0.4) is 0 Å². The predicted octanol–water partition coefficient (Wildman–Crippen LogP) is 0.499. The molecule has 1 aromatic rings. The second kappa shape index (κ2) is 6.36. The van der Waals surface area contributed by atoms with E-state index in [1.54, 1.807) is 7.05 Å². The van der Waals surface area contributed by atoms with E-state index in [0.29, 0.717) is 12.5 Å². The number of carbonyl (C=O) groups excluding carboxylic acids is 3. The molecular formula is C19H22N6O3. The number of amides is 4. The number of nitrogens with zero attached hydrogens (tertiary/aromatic N) is 5. The molecule has 1 aromatic carbocycles. The lowest BCUT2D eigenvalue weighted by molar-refractivity contribution is -0.139. The molecule has 0 aromatic heterocycles. The molecule has 0 aliphatic carbocycles. The molecule has 1 saturated heterocycles. The zero-order valence-electron chi connectivity index (χ0n) is 16.0. The quantitative estimate of drug-likeness (QED) is 0.817. The van der Waals surface area contributed by atoms with Crippen LogP contribution in [0.5, 0.6) is 0 Å². The molecule has 1 fully saturated rings. The van der Waals surface area contributed by atoms with E-state index >= 15 is 0 Å². The number of primary amides is 1. The number of urea groups is 1. The fourth-order valence-electron chi connectivity index (χ4n) is 3.94. The van der Waals surface area contributed by atoms with E-state index in [9.17, 15) is 14.4 Å². The Labute approximate surface area is 162 Å². The highest BCUT2D eigenvalue weighted by atomic mass is 16.2. The van der Waals surface area contributed by atoms with Gasteiger partial charge in [-0.05, 0) is 19.4 Å². The molecule has 0 radical (unpaired) electrons. The number of benzene rings is 1. The summed E-state index contributed by atoms with van der Waals surface area (Å²) < 4.78 is 0. The van der Waals surface area contributed by atoms with Crippen LogP contribution in [0, 0.1) is 0 Å². The average Bonchev–Trinajstić information content (AvgIpc) is 3.16. The Morgan fingerprint density at radius 2 is 1.79 bits per heavy atom. The number of imide groups is 1. The molecule has 0 spiro atoms. The van der Waals surface area contributed by atoms with Crippen LogP contribution < -0.4 is 5.73 Å². The third-order valence-corrected chi connectivity index (χ3v) is 5.50. The van der Waals surface area contributed by atoms with Gasteiger partial charge in [-0.2, -0.15) is 0 Å². The first-order chi connectivity index (χ1) is 13.3. The zero-order chi connectivity index (χ0) is 20.2. The number of aliphatic imine (C=N–C) groups is 1. The monoisotopic (exact) mass is 382 g/mol. The molecule has 0 saturated carbocycles. The van der Waals surface area contributed by atoms with Gasteiger partial charge in [0.2, 0.25) is 11.9 Å². The van der Waals surface area contributed by atoms with Gasteiger partial charge in [0.15, 0.2) is 12.2 Å².